The molecule has 3 aliphatic rings. The zero-order valence-electron chi connectivity index (χ0n) is 23.5. The van der Waals surface area contributed by atoms with Crippen LogP contribution in [-0.4, -0.2) is 53.5 Å². The van der Waals surface area contributed by atoms with Crippen LogP contribution in [0, 0.1) is 5.92 Å². The van der Waals surface area contributed by atoms with Gasteiger partial charge in [0.25, 0.3) is 5.92 Å². The maximum Gasteiger partial charge on any atom is 0.263 e. The molecule has 4 heterocycles. The summed E-state index contributed by atoms with van der Waals surface area (Å²) in [6, 6.07) is 8.14. The van der Waals surface area contributed by atoms with E-state index in [1.807, 2.05) is 42.3 Å². The molecule has 2 saturated heterocycles. The minimum atomic E-state index is -2.72. The lowest BCUT2D eigenvalue weighted by molar-refractivity contribution is -0.151. The highest BCUT2D eigenvalue weighted by atomic mass is 19.3. The Hall–Kier alpha value is -3.23. The first-order chi connectivity index (χ1) is 19.3. The summed E-state index contributed by atoms with van der Waals surface area (Å²) in [6.45, 7) is 7.79. The van der Waals surface area contributed by atoms with Gasteiger partial charge in [0.15, 0.2) is 0 Å². The highest BCUT2D eigenvalue weighted by Crippen LogP contribution is 2.52. The van der Waals surface area contributed by atoms with Crippen molar-refractivity contribution in [3.8, 4) is 11.3 Å². The van der Waals surface area contributed by atoms with Crippen LogP contribution in [0.5, 0.6) is 0 Å². The first kappa shape index (κ1) is 27.0. The summed E-state index contributed by atoms with van der Waals surface area (Å²) in [7, 11) is 1.98. The number of benzene rings is 1. The second kappa shape index (κ2) is 10.3. The van der Waals surface area contributed by atoms with Crippen LogP contribution in [0.1, 0.15) is 55.0 Å². The minimum absolute atomic E-state index is 0.00642. The Bertz CT molecular complexity index is 1410. The van der Waals surface area contributed by atoms with Gasteiger partial charge in [-0.25, -0.2) is 8.78 Å². The van der Waals surface area contributed by atoms with Gasteiger partial charge in [-0.1, -0.05) is 25.6 Å². The number of fused-ring (bicyclic) bond motifs is 1. The number of aromatic nitrogens is 2. The monoisotopic (exact) mass is 546 g/mol. The van der Waals surface area contributed by atoms with Crippen LogP contribution >= 0.6 is 0 Å². The van der Waals surface area contributed by atoms with E-state index in [1.54, 1.807) is 12.4 Å². The van der Waals surface area contributed by atoms with Gasteiger partial charge in [-0.15, -0.1) is 0 Å². The number of alkyl halides is 2. The molecule has 1 saturated carbocycles. The number of nitrogens with two attached hydrogens (primary N) is 1. The molecule has 8 heteroatoms. The van der Waals surface area contributed by atoms with E-state index in [2.05, 4.69) is 34.1 Å². The summed E-state index contributed by atoms with van der Waals surface area (Å²) in [5.41, 5.74) is 14.8. The SMILES string of the molecule is C=Cc1c(C2(CNC)CC2)[nH]c(-c2ccncc2CC2CC3CCN3CC2(F)F)c1Nc1cccc(N)c1CC. The van der Waals surface area contributed by atoms with Crippen molar-refractivity contribution in [3.63, 3.8) is 0 Å². The number of nitrogens with one attached hydrogen (secondary N) is 3. The van der Waals surface area contributed by atoms with E-state index in [0.717, 1.165) is 89.5 Å². The number of nitrogens with zero attached hydrogens (tertiary/aromatic N) is 2. The number of H-pyrrole nitrogens is 1. The van der Waals surface area contributed by atoms with Crippen molar-refractivity contribution in [2.45, 2.75) is 62.8 Å². The van der Waals surface area contributed by atoms with Gasteiger partial charge in [0.05, 0.1) is 17.9 Å². The van der Waals surface area contributed by atoms with Crippen LogP contribution < -0.4 is 16.4 Å². The van der Waals surface area contributed by atoms with E-state index >= 15 is 8.78 Å². The molecular weight excluding hydrogens is 506 g/mol. The number of likely N-dealkylation sites (N-methyl/N-ethyl adjacent to an activating group) is 1. The van der Waals surface area contributed by atoms with E-state index < -0.39 is 11.8 Å². The molecule has 40 heavy (non-hydrogen) atoms. The predicted octanol–water partition coefficient (Wildman–Crippen LogP) is 6.13. The Morgan fingerprint density at radius 2 is 2.10 bits per heavy atom. The molecule has 3 aromatic rings. The van der Waals surface area contributed by atoms with Crippen LogP contribution in [0.15, 0.2) is 43.2 Å². The summed E-state index contributed by atoms with van der Waals surface area (Å²) in [5, 5.41) is 7.07. The number of halogens is 2. The molecule has 0 bridgehead atoms. The third-order valence-corrected chi connectivity index (χ3v) is 9.44. The van der Waals surface area contributed by atoms with E-state index in [4.69, 9.17) is 5.73 Å². The third-order valence-electron chi connectivity index (χ3n) is 9.44. The van der Waals surface area contributed by atoms with Gasteiger partial charge in [0.2, 0.25) is 0 Å². The van der Waals surface area contributed by atoms with Gasteiger partial charge in [-0.3, -0.25) is 9.88 Å². The van der Waals surface area contributed by atoms with Gasteiger partial charge in [-0.05, 0) is 74.9 Å². The van der Waals surface area contributed by atoms with Crippen molar-refractivity contribution in [2.75, 3.05) is 37.7 Å². The second-order valence-electron chi connectivity index (χ2n) is 11.9. The Morgan fingerprint density at radius 3 is 2.77 bits per heavy atom. The van der Waals surface area contributed by atoms with Crippen LogP contribution in [0.3, 0.4) is 0 Å². The van der Waals surface area contributed by atoms with Crippen LogP contribution in [0.2, 0.25) is 0 Å². The molecule has 6 nitrogen and oxygen atoms in total. The van der Waals surface area contributed by atoms with Gasteiger partial charge in [0.1, 0.15) is 0 Å². The van der Waals surface area contributed by atoms with Crippen molar-refractivity contribution in [1.82, 2.24) is 20.2 Å². The summed E-state index contributed by atoms with van der Waals surface area (Å²) < 4.78 is 30.6. The number of anilines is 3. The highest BCUT2D eigenvalue weighted by Gasteiger charge is 2.51. The quantitative estimate of drug-likeness (QED) is 0.230. The molecular formula is C32H40F2N6. The van der Waals surface area contributed by atoms with Gasteiger partial charge >= 0.3 is 0 Å². The molecule has 0 amide bonds. The minimum Gasteiger partial charge on any atom is -0.398 e. The lowest BCUT2D eigenvalue weighted by Crippen LogP contribution is -2.60. The Labute approximate surface area is 235 Å². The summed E-state index contributed by atoms with van der Waals surface area (Å²) in [5.74, 6) is -3.43. The normalized spacial score (nSPS) is 22.8. The van der Waals surface area contributed by atoms with Crippen LogP contribution in [-0.2, 0) is 18.3 Å². The summed E-state index contributed by atoms with van der Waals surface area (Å²) >= 11 is 0. The fraction of sp³-hybridized carbons (Fsp3) is 0.469. The highest BCUT2D eigenvalue weighted by molar-refractivity contribution is 5.89. The van der Waals surface area contributed by atoms with Crippen LogP contribution in [0.4, 0.5) is 25.8 Å². The van der Waals surface area contributed by atoms with E-state index in [0.29, 0.717) is 6.42 Å². The molecule has 2 aromatic heterocycles. The zero-order chi connectivity index (χ0) is 28.1. The number of hydrogen-bond donors (Lipinski definition) is 4. The molecule has 0 spiro atoms. The van der Waals surface area contributed by atoms with E-state index in [9.17, 15) is 0 Å². The Morgan fingerprint density at radius 1 is 1.27 bits per heavy atom. The summed E-state index contributed by atoms with van der Waals surface area (Å²) in [6.07, 6.45) is 10.2. The number of nitrogen functional groups attached to an aromatic ring is 1. The fourth-order valence-corrected chi connectivity index (χ4v) is 6.93. The largest absolute Gasteiger partial charge is 0.398 e. The average molecular weight is 547 g/mol. The second-order valence-corrected chi connectivity index (χ2v) is 11.9. The first-order valence-corrected chi connectivity index (χ1v) is 14.5. The van der Waals surface area contributed by atoms with Crippen molar-refractivity contribution in [3.05, 3.63) is 65.6 Å². The third kappa shape index (κ3) is 4.61. The van der Waals surface area contributed by atoms with Crippen molar-refractivity contribution < 1.29 is 8.78 Å². The van der Waals surface area contributed by atoms with Gasteiger partial charge in [0, 0.05) is 71.1 Å². The average Bonchev–Trinajstić information content (AvgIpc) is 3.62. The van der Waals surface area contributed by atoms with Gasteiger partial charge < -0.3 is 21.4 Å². The zero-order valence-corrected chi connectivity index (χ0v) is 23.5. The van der Waals surface area contributed by atoms with Crippen LogP contribution in [0.25, 0.3) is 17.3 Å². The maximum absolute atomic E-state index is 15.3. The molecule has 3 fully saturated rings. The smallest absolute Gasteiger partial charge is 0.263 e. The van der Waals surface area contributed by atoms with Gasteiger partial charge in [-0.2, -0.15) is 0 Å². The van der Waals surface area contributed by atoms with Crippen molar-refractivity contribution in [2.24, 2.45) is 5.92 Å². The number of piperidine rings is 1. The number of hydrogen-bond acceptors (Lipinski definition) is 5. The number of pyridine rings is 1. The Kier molecular flexibility index (Phi) is 6.95. The topological polar surface area (TPSA) is 82.0 Å². The fourth-order valence-electron chi connectivity index (χ4n) is 6.93. The molecule has 212 valence electrons. The Balaban J connectivity index is 1.46. The molecule has 1 aliphatic carbocycles. The lowest BCUT2D eigenvalue weighted by Gasteiger charge is -2.50. The van der Waals surface area contributed by atoms with E-state index in [-0.39, 0.29) is 24.4 Å². The maximum atomic E-state index is 15.3. The number of rotatable bonds is 10. The van der Waals surface area contributed by atoms with Crippen molar-refractivity contribution >= 4 is 23.1 Å². The predicted molar refractivity (Wildman–Crippen MR) is 159 cm³/mol. The lowest BCUT2D eigenvalue weighted by atomic mass is 9.78. The van der Waals surface area contributed by atoms with E-state index in [1.165, 1.54) is 0 Å². The number of aromatic amines is 1. The molecule has 5 N–H and O–H groups in total. The standard InChI is InChI=1S/C32H40F2N6/c1-4-23-26(35)7-6-8-27(23)38-28-24(5-2)30(31(11-12-31)18-36-3)39-29(28)25-9-13-37-17-20(25)15-21-16-22-10-14-40(22)19-32(21,33)34/h5-9,13,17,21-22,36,38-39H,2,4,10-12,14-16,18-19,35H2,1,3H3. The first-order valence-electron chi connectivity index (χ1n) is 14.5. The molecule has 0 radical (unpaired) electrons. The molecule has 1 aromatic carbocycles. The molecule has 6 rings (SSSR count). The molecule has 2 aliphatic heterocycles. The van der Waals surface area contributed by atoms with Crippen molar-refractivity contribution in [1.29, 1.82) is 0 Å². The molecule has 2 unspecified atom stereocenters. The summed E-state index contributed by atoms with van der Waals surface area (Å²) in [4.78, 5) is 10.1. The molecule has 2 atom stereocenters.